The average molecular weight is 271 g/mol. The number of benzene rings is 1. The van der Waals surface area contributed by atoms with E-state index in [1.54, 1.807) is 0 Å². The van der Waals surface area contributed by atoms with Gasteiger partial charge >= 0.3 is 5.97 Å². The molecule has 1 aliphatic heterocycles. The maximum absolute atomic E-state index is 12.0. The van der Waals surface area contributed by atoms with E-state index in [0.717, 1.165) is 16.5 Å². The fraction of sp³-hybridized carbons (Fsp3) is 0.267. The first-order chi connectivity index (χ1) is 9.66. The average Bonchev–Trinajstić information content (AvgIpc) is 3.00. The van der Waals surface area contributed by atoms with Crippen molar-refractivity contribution in [2.45, 2.75) is 12.8 Å². The van der Waals surface area contributed by atoms with Gasteiger partial charge in [0.25, 0.3) is 0 Å². The molecule has 1 atom stereocenters. The van der Waals surface area contributed by atoms with E-state index in [1.165, 1.54) is 0 Å². The number of fused-ring (bicyclic) bond motifs is 1. The molecule has 20 heavy (non-hydrogen) atoms. The Morgan fingerprint density at radius 1 is 1.30 bits per heavy atom. The number of carbonyl (C=O) groups excluding carboxylic acids is 3. The third-order valence-corrected chi connectivity index (χ3v) is 3.55. The van der Waals surface area contributed by atoms with Crippen molar-refractivity contribution in [2.24, 2.45) is 5.92 Å². The van der Waals surface area contributed by atoms with Crippen LogP contribution in [0, 0.1) is 5.92 Å². The Balaban J connectivity index is 1.72. The lowest BCUT2D eigenvalue weighted by Gasteiger charge is -2.03. The number of cyclic esters (lactones) is 1. The van der Waals surface area contributed by atoms with Gasteiger partial charge in [0.05, 0.1) is 0 Å². The minimum atomic E-state index is -1.21. The predicted molar refractivity (Wildman–Crippen MR) is 71.1 cm³/mol. The number of Topliss-reactive ketones (excluding diaryl/α,β-unsaturated/α-hetero) is 2. The van der Waals surface area contributed by atoms with Crippen molar-refractivity contribution < 1.29 is 19.1 Å². The number of para-hydroxylation sites is 1. The monoisotopic (exact) mass is 271 g/mol. The number of nitrogens with one attached hydrogen (secondary N) is 1. The third kappa shape index (κ3) is 2.11. The number of esters is 1. The van der Waals surface area contributed by atoms with Crippen LogP contribution in [0.2, 0.25) is 0 Å². The van der Waals surface area contributed by atoms with Crippen LogP contribution < -0.4 is 0 Å². The van der Waals surface area contributed by atoms with Gasteiger partial charge in [0.2, 0.25) is 0 Å². The third-order valence-electron chi connectivity index (χ3n) is 3.55. The lowest BCUT2D eigenvalue weighted by molar-refractivity contribution is -0.144. The second-order valence-corrected chi connectivity index (χ2v) is 4.83. The SMILES string of the molecule is O=C(CCc1c[nH]c2ccccc12)C1C(=O)COC1=O. The lowest BCUT2D eigenvalue weighted by Crippen LogP contribution is -2.25. The highest BCUT2D eigenvalue weighted by molar-refractivity contribution is 6.20. The molecule has 0 spiro atoms. The molecule has 1 aromatic carbocycles. The zero-order chi connectivity index (χ0) is 14.1. The van der Waals surface area contributed by atoms with Crippen LogP contribution >= 0.6 is 0 Å². The first kappa shape index (κ1) is 12.6. The molecule has 102 valence electrons. The molecule has 1 fully saturated rings. The van der Waals surface area contributed by atoms with Gasteiger partial charge in [-0.2, -0.15) is 0 Å². The highest BCUT2D eigenvalue weighted by Gasteiger charge is 2.40. The summed E-state index contributed by atoms with van der Waals surface area (Å²) in [4.78, 5) is 37.9. The molecule has 2 aromatic rings. The number of aromatic nitrogens is 1. The molecule has 0 radical (unpaired) electrons. The van der Waals surface area contributed by atoms with E-state index < -0.39 is 17.7 Å². The molecule has 1 N–H and O–H groups in total. The van der Waals surface area contributed by atoms with E-state index in [4.69, 9.17) is 0 Å². The topological polar surface area (TPSA) is 76.2 Å². The van der Waals surface area contributed by atoms with Crippen molar-refractivity contribution in [1.82, 2.24) is 4.98 Å². The molecule has 0 bridgehead atoms. The molecule has 0 amide bonds. The number of hydrogen-bond acceptors (Lipinski definition) is 4. The summed E-state index contributed by atoms with van der Waals surface area (Å²) in [5.74, 6) is -2.71. The van der Waals surface area contributed by atoms with Gasteiger partial charge < -0.3 is 9.72 Å². The summed E-state index contributed by atoms with van der Waals surface area (Å²) in [6.45, 7) is -0.275. The minimum Gasteiger partial charge on any atom is -0.457 e. The molecule has 1 aromatic heterocycles. The van der Waals surface area contributed by atoms with Crippen LogP contribution in [0.1, 0.15) is 12.0 Å². The van der Waals surface area contributed by atoms with Gasteiger partial charge in [0.1, 0.15) is 0 Å². The first-order valence-electron chi connectivity index (χ1n) is 6.44. The van der Waals surface area contributed by atoms with Crippen molar-refractivity contribution >= 4 is 28.4 Å². The van der Waals surface area contributed by atoms with E-state index >= 15 is 0 Å². The summed E-state index contributed by atoms with van der Waals surface area (Å²) in [6, 6.07) is 7.79. The Labute approximate surface area is 114 Å². The molecule has 5 heteroatoms. The Hall–Kier alpha value is -2.43. The zero-order valence-electron chi connectivity index (χ0n) is 10.7. The van der Waals surface area contributed by atoms with Crippen LogP contribution in [0.4, 0.5) is 0 Å². The molecule has 0 saturated carbocycles. The van der Waals surface area contributed by atoms with E-state index in [9.17, 15) is 14.4 Å². The van der Waals surface area contributed by atoms with Crippen molar-refractivity contribution in [1.29, 1.82) is 0 Å². The summed E-state index contributed by atoms with van der Waals surface area (Å²) in [7, 11) is 0. The normalized spacial score (nSPS) is 18.5. The van der Waals surface area contributed by atoms with Gasteiger partial charge in [-0.05, 0) is 18.1 Å². The number of rotatable bonds is 4. The van der Waals surface area contributed by atoms with Crippen molar-refractivity contribution in [3.63, 3.8) is 0 Å². The van der Waals surface area contributed by atoms with Crippen LogP contribution in [-0.4, -0.2) is 29.1 Å². The summed E-state index contributed by atoms with van der Waals surface area (Å²) in [6.07, 6.45) is 2.51. The Kier molecular flexibility index (Phi) is 3.10. The molecule has 1 unspecified atom stereocenters. The fourth-order valence-corrected chi connectivity index (χ4v) is 2.49. The molecule has 1 saturated heterocycles. The Morgan fingerprint density at radius 3 is 2.85 bits per heavy atom. The highest BCUT2D eigenvalue weighted by Crippen LogP contribution is 2.21. The van der Waals surface area contributed by atoms with Crippen LogP contribution in [0.15, 0.2) is 30.5 Å². The zero-order valence-corrected chi connectivity index (χ0v) is 10.7. The Bertz CT molecular complexity index is 685. The fourth-order valence-electron chi connectivity index (χ4n) is 2.49. The van der Waals surface area contributed by atoms with Crippen molar-refractivity contribution in [2.75, 3.05) is 6.61 Å². The number of H-pyrrole nitrogens is 1. The smallest absolute Gasteiger partial charge is 0.324 e. The van der Waals surface area contributed by atoms with Crippen LogP contribution in [0.3, 0.4) is 0 Å². The maximum atomic E-state index is 12.0. The van der Waals surface area contributed by atoms with Crippen molar-refractivity contribution in [3.8, 4) is 0 Å². The molecule has 2 heterocycles. The summed E-state index contributed by atoms with van der Waals surface area (Å²) < 4.78 is 4.59. The standard InChI is InChI=1S/C15H13NO4/c17-12(14-13(18)8-20-15(14)19)6-5-9-7-16-11-4-2-1-3-10(9)11/h1-4,7,14,16H,5-6,8H2. The number of ketones is 2. The van der Waals surface area contributed by atoms with E-state index in [0.29, 0.717) is 6.42 Å². The van der Waals surface area contributed by atoms with Gasteiger partial charge in [-0.25, -0.2) is 0 Å². The van der Waals surface area contributed by atoms with E-state index in [1.807, 2.05) is 30.5 Å². The number of carbonyl (C=O) groups is 3. The second kappa shape index (κ2) is 4.92. The Morgan fingerprint density at radius 2 is 2.10 bits per heavy atom. The molecule has 0 aliphatic carbocycles. The maximum Gasteiger partial charge on any atom is 0.324 e. The van der Waals surface area contributed by atoms with Crippen LogP contribution in [-0.2, 0) is 25.5 Å². The largest absolute Gasteiger partial charge is 0.457 e. The van der Waals surface area contributed by atoms with Gasteiger partial charge in [0, 0.05) is 23.5 Å². The minimum absolute atomic E-state index is 0.160. The quantitative estimate of drug-likeness (QED) is 0.674. The molecule has 3 rings (SSSR count). The number of ether oxygens (including phenoxy) is 1. The molecule has 1 aliphatic rings. The summed E-state index contributed by atoms with van der Waals surface area (Å²) in [5.41, 5.74) is 2.01. The first-order valence-corrected chi connectivity index (χ1v) is 6.44. The molecular formula is C15H13NO4. The van der Waals surface area contributed by atoms with Crippen LogP contribution in [0.25, 0.3) is 10.9 Å². The summed E-state index contributed by atoms with van der Waals surface area (Å²) >= 11 is 0. The highest BCUT2D eigenvalue weighted by atomic mass is 16.5. The van der Waals surface area contributed by atoms with E-state index in [2.05, 4.69) is 9.72 Å². The predicted octanol–water partition coefficient (Wildman–Crippen LogP) is 1.41. The second-order valence-electron chi connectivity index (χ2n) is 4.83. The number of aromatic amines is 1. The molecular weight excluding hydrogens is 258 g/mol. The van der Waals surface area contributed by atoms with Gasteiger partial charge in [0.15, 0.2) is 24.1 Å². The van der Waals surface area contributed by atoms with Gasteiger partial charge in [-0.3, -0.25) is 14.4 Å². The van der Waals surface area contributed by atoms with Crippen molar-refractivity contribution in [3.05, 3.63) is 36.0 Å². The van der Waals surface area contributed by atoms with E-state index in [-0.39, 0.29) is 18.8 Å². The van der Waals surface area contributed by atoms with Gasteiger partial charge in [-0.15, -0.1) is 0 Å². The van der Waals surface area contributed by atoms with Crippen LogP contribution in [0.5, 0.6) is 0 Å². The van der Waals surface area contributed by atoms with Gasteiger partial charge in [-0.1, -0.05) is 18.2 Å². The number of aryl methyl sites for hydroxylation is 1. The molecule has 5 nitrogen and oxygen atoms in total. The lowest BCUT2D eigenvalue weighted by atomic mass is 9.96. The summed E-state index contributed by atoms with van der Waals surface area (Å²) in [5, 5.41) is 1.06. The number of hydrogen-bond donors (Lipinski definition) is 1.